The molecule has 0 aliphatic heterocycles. The molecule has 114 valence electrons. The van der Waals surface area contributed by atoms with Gasteiger partial charge in [-0.1, -0.05) is 12.6 Å². The van der Waals surface area contributed by atoms with E-state index in [-0.39, 0.29) is 0 Å². The average Bonchev–Trinajstić information content (AvgIpc) is 2.58. The van der Waals surface area contributed by atoms with Crippen LogP contribution in [0.25, 0.3) is 22.2 Å². The fourth-order valence-corrected chi connectivity index (χ4v) is 2.35. The van der Waals surface area contributed by atoms with E-state index in [4.69, 9.17) is 5.84 Å². The van der Waals surface area contributed by atoms with Crippen molar-refractivity contribution in [2.75, 3.05) is 0 Å². The maximum atomic E-state index is 5.50. The van der Waals surface area contributed by atoms with E-state index >= 15 is 0 Å². The van der Waals surface area contributed by atoms with E-state index in [2.05, 4.69) is 27.0 Å². The number of rotatable bonds is 4. The van der Waals surface area contributed by atoms with Crippen LogP contribution in [0, 0.1) is 6.92 Å². The SMILES string of the molecule is C=C(/C(=C\NN)c1ccc2ncccc2n1)c1cccc(C)n1. The summed E-state index contributed by atoms with van der Waals surface area (Å²) in [5.41, 5.74) is 8.26. The average molecular weight is 303 g/mol. The standard InChI is InChI=1S/C18H17N5/c1-12-5-3-6-15(22-12)13(2)14(11-21-19)16-8-9-17-18(23-16)7-4-10-20-17/h3-11,21H,2,19H2,1H3/b14-11+. The number of nitrogens with zero attached hydrogens (tertiary/aromatic N) is 3. The Morgan fingerprint density at radius 2 is 1.91 bits per heavy atom. The smallest absolute Gasteiger partial charge is 0.0894 e. The minimum atomic E-state index is 0.752. The number of hydrogen-bond donors (Lipinski definition) is 2. The first kappa shape index (κ1) is 14.9. The Labute approximate surface area is 134 Å². The van der Waals surface area contributed by atoms with Gasteiger partial charge in [-0.25, -0.2) is 4.98 Å². The maximum absolute atomic E-state index is 5.50. The minimum Gasteiger partial charge on any atom is -0.331 e. The number of fused-ring (bicyclic) bond motifs is 1. The molecule has 0 amide bonds. The molecule has 3 aromatic heterocycles. The van der Waals surface area contributed by atoms with Crippen LogP contribution in [0.1, 0.15) is 17.1 Å². The Balaban J connectivity index is 2.07. The van der Waals surface area contributed by atoms with Gasteiger partial charge in [0, 0.05) is 29.2 Å². The third kappa shape index (κ3) is 3.09. The molecule has 5 heteroatoms. The number of hydrogen-bond acceptors (Lipinski definition) is 5. The van der Waals surface area contributed by atoms with Gasteiger partial charge < -0.3 is 5.43 Å². The van der Waals surface area contributed by atoms with Gasteiger partial charge in [0.25, 0.3) is 0 Å². The third-order valence-corrected chi connectivity index (χ3v) is 3.48. The van der Waals surface area contributed by atoms with E-state index in [9.17, 15) is 0 Å². The molecule has 0 bridgehead atoms. The molecule has 3 aromatic rings. The van der Waals surface area contributed by atoms with Crippen molar-refractivity contribution in [1.82, 2.24) is 20.4 Å². The van der Waals surface area contributed by atoms with Gasteiger partial charge in [0.15, 0.2) is 0 Å². The van der Waals surface area contributed by atoms with Gasteiger partial charge in [0.05, 0.1) is 22.4 Å². The van der Waals surface area contributed by atoms with Crippen molar-refractivity contribution in [3.8, 4) is 0 Å². The van der Waals surface area contributed by atoms with Gasteiger partial charge in [-0.2, -0.15) is 0 Å². The van der Waals surface area contributed by atoms with Crippen molar-refractivity contribution in [3.05, 3.63) is 78.5 Å². The monoisotopic (exact) mass is 303 g/mol. The van der Waals surface area contributed by atoms with Gasteiger partial charge in [0.1, 0.15) is 0 Å². The van der Waals surface area contributed by atoms with E-state index in [0.717, 1.165) is 39.3 Å². The highest BCUT2D eigenvalue weighted by molar-refractivity contribution is 6.02. The second-order valence-electron chi connectivity index (χ2n) is 5.11. The van der Waals surface area contributed by atoms with Gasteiger partial charge in [-0.15, -0.1) is 0 Å². The van der Waals surface area contributed by atoms with Crippen LogP contribution < -0.4 is 11.3 Å². The minimum absolute atomic E-state index is 0.752. The molecule has 0 radical (unpaired) electrons. The zero-order valence-corrected chi connectivity index (χ0v) is 12.8. The normalized spacial score (nSPS) is 11.5. The van der Waals surface area contributed by atoms with Crippen LogP contribution in [0.5, 0.6) is 0 Å². The van der Waals surface area contributed by atoms with Crippen LogP contribution in [0.15, 0.2) is 61.4 Å². The summed E-state index contributed by atoms with van der Waals surface area (Å²) in [5, 5.41) is 0. The zero-order chi connectivity index (χ0) is 16.2. The molecule has 0 aliphatic rings. The highest BCUT2D eigenvalue weighted by Crippen LogP contribution is 2.28. The third-order valence-electron chi connectivity index (χ3n) is 3.48. The summed E-state index contributed by atoms with van der Waals surface area (Å²) in [6, 6.07) is 13.4. The molecule has 3 N–H and O–H groups in total. The van der Waals surface area contributed by atoms with Crippen LogP contribution in [-0.2, 0) is 0 Å². The van der Waals surface area contributed by atoms with Crippen molar-refractivity contribution >= 4 is 22.2 Å². The fourth-order valence-electron chi connectivity index (χ4n) is 2.35. The molecule has 3 heterocycles. The zero-order valence-electron chi connectivity index (χ0n) is 12.8. The van der Waals surface area contributed by atoms with Gasteiger partial charge >= 0.3 is 0 Å². The molecule has 0 saturated carbocycles. The van der Waals surface area contributed by atoms with Crippen molar-refractivity contribution in [2.45, 2.75) is 6.92 Å². The summed E-state index contributed by atoms with van der Waals surface area (Å²) in [4.78, 5) is 13.4. The molecular formula is C18H17N5. The van der Waals surface area contributed by atoms with Gasteiger partial charge in [0.2, 0.25) is 0 Å². The Hall–Kier alpha value is -3.05. The predicted octanol–water partition coefficient (Wildman–Crippen LogP) is 2.85. The van der Waals surface area contributed by atoms with Crippen LogP contribution >= 0.6 is 0 Å². The maximum Gasteiger partial charge on any atom is 0.0894 e. The molecule has 0 unspecified atom stereocenters. The van der Waals surface area contributed by atoms with Crippen LogP contribution in [0.4, 0.5) is 0 Å². The summed E-state index contributed by atoms with van der Waals surface area (Å²) in [5.74, 6) is 5.50. The van der Waals surface area contributed by atoms with Crippen molar-refractivity contribution < 1.29 is 0 Å². The molecule has 0 spiro atoms. The summed E-state index contributed by atoms with van der Waals surface area (Å²) < 4.78 is 0. The van der Waals surface area contributed by atoms with Gasteiger partial charge in [-0.3, -0.25) is 15.8 Å². The van der Waals surface area contributed by atoms with Crippen LogP contribution in [0.2, 0.25) is 0 Å². The van der Waals surface area contributed by atoms with Crippen LogP contribution in [0.3, 0.4) is 0 Å². The highest BCUT2D eigenvalue weighted by atomic mass is 15.2. The lowest BCUT2D eigenvalue weighted by Crippen LogP contribution is -2.15. The summed E-state index contributed by atoms with van der Waals surface area (Å²) in [6.45, 7) is 6.11. The number of aromatic nitrogens is 3. The quantitative estimate of drug-likeness (QED) is 0.440. The summed E-state index contributed by atoms with van der Waals surface area (Å²) in [6.07, 6.45) is 3.42. The summed E-state index contributed by atoms with van der Waals surface area (Å²) >= 11 is 0. The first-order valence-electron chi connectivity index (χ1n) is 7.21. The van der Waals surface area contributed by atoms with Gasteiger partial charge in [-0.05, 0) is 43.3 Å². The molecule has 0 aliphatic carbocycles. The Kier molecular flexibility index (Phi) is 4.12. The van der Waals surface area contributed by atoms with E-state index in [1.54, 1.807) is 12.4 Å². The number of pyridine rings is 3. The molecule has 5 nitrogen and oxygen atoms in total. The molecule has 3 rings (SSSR count). The Bertz CT molecular complexity index is 899. The molecule has 0 aromatic carbocycles. The molecule has 0 fully saturated rings. The number of hydrazine groups is 1. The number of nitrogens with two attached hydrogens (primary N) is 1. The highest BCUT2D eigenvalue weighted by Gasteiger charge is 2.12. The first-order valence-corrected chi connectivity index (χ1v) is 7.21. The lowest BCUT2D eigenvalue weighted by molar-refractivity contribution is 0.969. The summed E-state index contributed by atoms with van der Waals surface area (Å²) in [7, 11) is 0. The Morgan fingerprint density at radius 3 is 2.70 bits per heavy atom. The van der Waals surface area contributed by atoms with E-state index in [0.29, 0.717) is 0 Å². The largest absolute Gasteiger partial charge is 0.331 e. The second-order valence-corrected chi connectivity index (χ2v) is 5.11. The topological polar surface area (TPSA) is 76.7 Å². The Morgan fingerprint density at radius 1 is 1.04 bits per heavy atom. The molecular weight excluding hydrogens is 286 g/mol. The molecule has 0 saturated heterocycles. The van der Waals surface area contributed by atoms with Crippen molar-refractivity contribution in [3.63, 3.8) is 0 Å². The van der Waals surface area contributed by atoms with Crippen molar-refractivity contribution in [2.24, 2.45) is 5.84 Å². The van der Waals surface area contributed by atoms with E-state index in [1.165, 1.54) is 0 Å². The van der Waals surface area contributed by atoms with E-state index in [1.807, 2.05) is 49.4 Å². The van der Waals surface area contributed by atoms with Crippen molar-refractivity contribution in [1.29, 1.82) is 0 Å². The lowest BCUT2D eigenvalue weighted by atomic mass is 10.0. The van der Waals surface area contributed by atoms with Crippen LogP contribution in [-0.4, -0.2) is 15.0 Å². The molecule has 23 heavy (non-hydrogen) atoms. The first-order chi connectivity index (χ1) is 11.2. The number of nitrogens with one attached hydrogen (secondary N) is 1. The number of allylic oxidation sites excluding steroid dienone is 2. The second kappa shape index (κ2) is 6.37. The molecule has 0 atom stereocenters. The number of aryl methyl sites for hydroxylation is 1. The van der Waals surface area contributed by atoms with E-state index < -0.39 is 0 Å². The lowest BCUT2D eigenvalue weighted by Gasteiger charge is -2.11. The fraction of sp³-hybridized carbons (Fsp3) is 0.0556. The predicted molar refractivity (Wildman–Crippen MR) is 92.8 cm³/mol.